The molecule has 2 saturated heterocycles. The van der Waals surface area contributed by atoms with Crippen LogP contribution in [0.4, 0.5) is 11.4 Å². The van der Waals surface area contributed by atoms with E-state index in [0.717, 1.165) is 38.1 Å². The van der Waals surface area contributed by atoms with Crippen LogP contribution in [0.15, 0.2) is 24.3 Å². The van der Waals surface area contributed by atoms with E-state index in [0.29, 0.717) is 10.9 Å². The van der Waals surface area contributed by atoms with Gasteiger partial charge in [-0.25, -0.2) is 0 Å². The van der Waals surface area contributed by atoms with Crippen molar-refractivity contribution < 1.29 is 0 Å². The van der Waals surface area contributed by atoms with Gasteiger partial charge in [0.05, 0.1) is 6.04 Å². The minimum Gasteiger partial charge on any atom is -0.383 e. The van der Waals surface area contributed by atoms with Gasteiger partial charge in [0.15, 0.2) is 0 Å². The molecule has 2 aliphatic heterocycles. The Morgan fingerprint density at radius 2 is 1.00 bits per heavy atom. The molecule has 8 heteroatoms. The summed E-state index contributed by atoms with van der Waals surface area (Å²) in [4.78, 5) is 10.8. The van der Waals surface area contributed by atoms with Crippen LogP contribution < -0.4 is 10.6 Å². The van der Waals surface area contributed by atoms with Crippen LogP contribution in [-0.2, 0) is 0 Å². The van der Waals surface area contributed by atoms with Gasteiger partial charge in [-0.05, 0) is 76.9 Å². The number of benzene rings is 2. The van der Waals surface area contributed by atoms with Gasteiger partial charge in [-0.3, -0.25) is 9.80 Å². The molecule has 2 fully saturated rings. The highest BCUT2D eigenvalue weighted by atomic mass is 79.9. The lowest BCUT2D eigenvalue weighted by Crippen LogP contribution is -2.50. The lowest BCUT2D eigenvalue weighted by Gasteiger charge is -2.36. The molecule has 248 valence electrons. The van der Waals surface area contributed by atoms with Crippen LogP contribution >= 0.6 is 31.9 Å². The summed E-state index contributed by atoms with van der Waals surface area (Å²) in [5.41, 5.74) is 10.6. The number of hydrogen-bond acceptors (Lipinski definition) is 6. The summed E-state index contributed by atoms with van der Waals surface area (Å²) in [7, 11) is 0. The van der Waals surface area contributed by atoms with Crippen LogP contribution in [0.25, 0.3) is 0 Å². The molecular weight excluding hydrogens is 676 g/mol. The first-order valence-corrected chi connectivity index (χ1v) is 18.8. The van der Waals surface area contributed by atoms with Crippen molar-refractivity contribution in [1.82, 2.24) is 19.6 Å². The average molecular weight is 737 g/mol. The molecule has 0 saturated carbocycles. The van der Waals surface area contributed by atoms with Gasteiger partial charge in [-0.15, -0.1) is 0 Å². The summed E-state index contributed by atoms with van der Waals surface area (Å²) in [5.74, 6) is 0. The predicted molar refractivity (Wildman–Crippen MR) is 201 cm³/mol. The number of halogens is 2. The Balaban J connectivity index is 0.000000340. The third-order valence-electron chi connectivity index (χ3n) is 9.15. The molecule has 0 radical (unpaired) electrons. The first-order valence-electron chi connectivity index (χ1n) is 16.8. The van der Waals surface area contributed by atoms with Crippen molar-refractivity contribution in [2.75, 3.05) is 101 Å². The number of alkyl halides is 2. The van der Waals surface area contributed by atoms with Crippen LogP contribution in [0, 0.1) is 41.5 Å². The molecule has 2 N–H and O–H groups in total. The first kappa shape index (κ1) is 37.3. The van der Waals surface area contributed by atoms with Crippen molar-refractivity contribution >= 4 is 43.2 Å². The van der Waals surface area contributed by atoms with Crippen LogP contribution in [-0.4, -0.2) is 121 Å². The second-order valence-electron chi connectivity index (χ2n) is 13.0. The molecule has 6 nitrogen and oxygen atoms in total. The van der Waals surface area contributed by atoms with E-state index in [1.54, 1.807) is 0 Å². The summed E-state index contributed by atoms with van der Waals surface area (Å²) in [5, 5.41) is 8.75. The fourth-order valence-corrected chi connectivity index (χ4v) is 7.29. The van der Waals surface area contributed by atoms with Crippen molar-refractivity contribution in [3.63, 3.8) is 0 Å². The Bertz CT molecular complexity index is 1100. The zero-order valence-electron chi connectivity index (χ0n) is 28.9. The second-order valence-corrected chi connectivity index (χ2v) is 14.9. The fraction of sp³-hybridized carbons (Fsp3) is 0.667. The molecule has 0 aromatic heterocycles. The maximum atomic E-state index is 3.92. The average Bonchev–Trinajstić information content (AvgIpc) is 2.99. The van der Waals surface area contributed by atoms with Crippen LogP contribution in [0.5, 0.6) is 0 Å². The van der Waals surface area contributed by atoms with E-state index in [1.165, 1.54) is 97.1 Å². The monoisotopic (exact) mass is 734 g/mol. The molecule has 2 unspecified atom stereocenters. The lowest BCUT2D eigenvalue weighted by atomic mass is 10.0. The molecule has 2 heterocycles. The van der Waals surface area contributed by atoms with E-state index in [9.17, 15) is 0 Å². The predicted octanol–water partition coefficient (Wildman–Crippen LogP) is 6.85. The summed E-state index contributed by atoms with van der Waals surface area (Å²) in [6, 6.07) is 9.46. The largest absolute Gasteiger partial charge is 0.383 e. The first-order chi connectivity index (χ1) is 21.0. The molecule has 2 aliphatic rings. The number of nitrogens with one attached hydrogen (secondary N) is 2. The highest BCUT2D eigenvalue weighted by Gasteiger charge is 2.21. The minimum atomic E-state index is 0.341. The zero-order chi connectivity index (χ0) is 32.2. The molecule has 0 spiro atoms. The highest BCUT2D eigenvalue weighted by Crippen LogP contribution is 2.25. The van der Waals surface area contributed by atoms with E-state index in [2.05, 4.69) is 142 Å². The van der Waals surface area contributed by atoms with Crippen molar-refractivity contribution in [2.24, 2.45) is 0 Å². The van der Waals surface area contributed by atoms with Gasteiger partial charge in [0.25, 0.3) is 0 Å². The summed E-state index contributed by atoms with van der Waals surface area (Å²) in [6.45, 7) is 32.8. The third kappa shape index (κ3) is 11.9. The number of anilines is 2. The van der Waals surface area contributed by atoms with E-state index in [4.69, 9.17) is 0 Å². The quantitative estimate of drug-likeness (QED) is 0.233. The Morgan fingerprint density at radius 3 is 1.41 bits per heavy atom. The molecule has 2 atom stereocenters. The Kier molecular flexibility index (Phi) is 16.0. The van der Waals surface area contributed by atoms with E-state index in [-0.39, 0.29) is 0 Å². The fourth-order valence-electron chi connectivity index (χ4n) is 6.67. The summed E-state index contributed by atoms with van der Waals surface area (Å²) in [6.07, 6.45) is 0. The van der Waals surface area contributed by atoms with Crippen LogP contribution in [0.1, 0.15) is 47.2 Å². The van der Waals surface area contributed by atoms with Gasteiger partial charge in [-0.1, -0.05) is 81.1 Å². The number of rotatable bonds is 12. The molecule has 4 rings (SSSR count). The van der Waals surface area contributed by atoms with Crippen molar-refractivity contribution in [3.8, 4) is 0 Å². The van der Waals surface area contributed by atoms with Crippen molar-refractivity contribution in [3.05, 3.63) is 57.6 Å². The van der Waals surface area contributed by atoms with Gasteiger partial charge in [0.1, 0.15) is 0 Å². The van der Waals surface area contributed by atoms with Crippen molar-refractivity contribution in [2.45, 2.75) is 66.3 Å². The van der Waals surface area contributed by atoms with Gasteiger partial charge < -0.3 is 20.4 Å². The van der Waals surface area contributed by atoms with Gasteiger partial charge in [-0.2, -0.15) is 0 Å². The van der Waals surface area contributed by atoms with Crippen LogP contribution in [0.3, 0.4) is 0 Å². The lowest BCUT2D eigenvalue weighted by molar-refractivity contribution is 0.134. The standard InChI is InChI=1S/C27H42N4.C9H18Br2N2/c1-8-30-9-11-31(12-10-30)18-25(29-27-23(6)15-20(3)16-24(27)7)17-28-26-21(4)13-19(2)14-22(26)5;1-2-12-3-5-13(6-4-12)8-9(11)7-10/h13-16,25,28-29H,8-12,17-18H2,1-7H3;9H,2-8H2,1H3. The van der Waals surface area contributed by atoms with Crippen LogP contribution in [0.2, 0.25) is 0 Å². The van der Waals surface area contributed by atoms with E-state index < -0.39 is 0 Å². The van der Waals surface area contributed by atoms with Gasteiger partial charge in [0, 0.05) is 93.5 Å². The molecule has 2 aromatic rings. The number of aryl methyl sites for hydroxylation is 6. The van der Waals surface area contributed by atoms with Gasteiger partial charge >= 0.3 is 0 Å². The molecule has 0 aliphatic carbocycles. The highest BCUT2D eigenvalue weighted by molar-refractivity contribution is 9.12. The SMILES string of the molecule is CCN1CCN(CC(Br)CBr)CC1.CCN1CCN(CC(CNc2c(C)cc(C)cc2C)Nc2c(C)cc(C)cc2C)CC1. The zero-order valence-corrected chi connectivity index (χ0v) is 32.1. The molecular formula is C36H60Br2N6. The Morgan fingerprint density at radius 1 is 0.614 bits per heavy atom. The van der Waals surface area contributed by atoms with Gasteiger partial charge in [0.2, 0.25) is 0 Å². The molecule has 0 amide bonds. The minimum absolute atomic E-state index is 0.341. The Hall–Kier alpha value is -1.16. The number of nitrogens with zero attached hydrogens (tertiary/aromatic N) is 4. The number of likely N-dealkylation sites (N-methyl/N-ethyl adjacent to an activating group) is 2. The molecule has 2 aromatic carbocycles. The number of hydrogen-bond donors (Lipinski definition) is 2. The number of piperazine rings is 2. The van der Waals surface area contributed by atoms with E-state index in [1.807, 2.05) is 0 Å². The molecule has 0 bridgehead atoms. The third-order valence-corrected chi connectivity index (χ3v) is 11.4. The van der Waals surface area contributed by atoms with Crippen molar-refractivity contribution in [1.29, 1.82) is 0 Å². The summed E-state index contributed by atoms with van der Waals surface area (Å²) < 4.78 is 0. The maximum Gasteiger partial charge on any atom is 0.0561 e. The second kappa shape index (κ2) is 18.9. The smallest absolute Gasteiger partial charge is 0.0561 e. The van der Waals surface area contributed by atoms with E-state index >= 15 is 0 Å². The normalized spacial score (nSPS) is 18.4. The maximum absolute atomic E-state index is 3.92. The summed E-state index contributed by atoms with van der Waals surface area (Å²) >= 11 is 7.13. The topological polar surface area (TPSA) is 37.0 Å². The Labute approximate surface area is 286 Å². The molecule has 44 heavy (non-hydrogen) atoms.